The number of aromatic nitrogens is 1. The van der Waals surface area contributed by atoms with E-state index in [4.69, 9.17) is 0 Å². The quantitative estimate of drug-likeness (QED) is 0.574. The second-order valence-electron chi connectivity index (χ2n) is 5.04. The number of fused-ring (bicyclic) bond motifs is 1. The van der Waals surface area contributed by atoms with Gasteiger partial charge in [-0.1, -0.05) is 0 Å². The van der Waals surface area contributed by atoms with Gasteiger partial charge >= 0.3 is 0 Å². The molecule has 1 aromatic rings. The lowest BCUT2D eigenvalue weighted by Gasteiger charge is -2.26. The van der Waals surface area contributed by atoms with Crippen LogP contribution in [0.5, 0.6) is 0 Å². The predicted octanol–water partition coefficient (Wildman–Crippen LogP) is 3.12. The van der Waals surface area contributed by atoms with Crippen LogP contribution in [0.15, 0.2) is 12.3 Å². The molecule has 13 heavy (non-hydrogen) atoms. The fourth-order valence-corrected chi connectivity index (χ4v) is 2.25. The third kappa shape index (κ3) is 1.52. The molecule has 1 aromatic heterocycles. The van der Waals surface area contributed by atoms with Crippen LogP contribution < -0.4 is 0 Å². The molecule has 0 aliphatic heterocycles. The van der Waals surface area contributed by atoms with Crippen LogP contribution in [0.2, 0.25) is 0 Å². The Kier molecular flexibility index (Phi) is 1.98. The number of aryl methyl sites for hydroxylation is 1. The summed E-state index contributed by atoms with van der Waals surface area (Å²) < 4.78 is 2.45. The lowest BCUT2D eigenvalue weighted by atomic mass is 9.97. The molecule has 0 saturated heterocycles. The zero-order valence-electron chi connectivity index (χ0n) is 8.93. The minimum absolute atomic E-state index is 0.255. The van der Waals surface area contributed by atoms with Gasteiger partial charge in [-0.3, -0.25) is 0 Å². The van der Waals surface area contributed by atoms with Crippen molar-refractivity contribution in [1.29, 1.82) is 0 Å². The van der Waals surface area contributed by atoms with Crippen LogP contribution in [0.3, 0.4) is 0 Å². The van der Waals surface area contributed by atoms with Crippen molar-refractivity contribution in [1.82, 2.24) is 4.57 Å². The van der Waals surface area contributed by atoms with Crippen molar-refractivity contribution in [2.75, 3.05) is 0 Å². The molecule has 1 heteroatoms. The van der Waals surface area contributed by atoms with Gasteiger partial charge in [0.25, 0.3) is 0 Å². The Balaban J connectivity index is 2.43. The van der Waals surface area contributed by atoms with Crippen LogP contribution in [0.25, 0.3) is 0 Å². The monoisotopic (exact) mass is 177 g/mol. The Morgan fingerprint density at radius 2 is 1.85 bits per heavy atom. The first kappa shape index (κ1) is 8.86. The van der Waals surface area contributed by atoms with Crippen molar-refractivity contribution in [2.24, 2.45) is 0 Å². The molecule has 1 aliphatic rings. The summed E-state index contributed by atoms with van der Waals surface area (Å²) in [4.78, 5) is 0. The maximum absolute atomic E-state index is 2.45. The summed E-state index contributed by atoms with van der Waals surface area (Å²) in [6.07, 6.45) is 7.57. The molecular weight excluding hydrogens is 158 g/mol. The zero-order valence-corrected chi connectivity index (χ0v) is 8.93. The molecule has 72 valence electrons. The summed E-state index contributed by atoms with van der Waals surface area (Å²) in [5.74, 6) is 0. The highest BCUT2D eigenvalue weighted by molar-refractivity contribution is 5.26. The van der Waals surface area contributed by atoms with Gasteiger partial charge in [-0.15, -0.1) is 0 Å². The fraction of sp³-hybridized carbons (Fsp3) is 0.667. The molecule has 0 amide bonds. The molecule has 2 rings (SSSR count). The van der Waals surface area contributed by atoms with E-state index < -0.39 is 0 Å². The van der Waals surface area contributed by atoms with Gasteiger partial charge in [-0.2, -0.15) is 0 Å². The smallest absolute Gasteiger partial charge is 0.0358 e. The standard InChI is InChI=1S/C12H19N/c1-12(2,3)13-9-8-10-6-4-5-7-11(10)13/h8-9H,4-7H2,1-3H3. The Bertz CT molecular complexity index is 301. The Morgan fingerprint density at radius 1 is 1.15 bits per heavy atom. The second kappa shape index (κ2) is 2.90. The van der Waals surface area contributed by atoms with Crippen molar-refractivity contribution in [3.8, 4) is 0 Å². The van der Waals surface area contributed by atoms with E-state index in [1.165, 1.54) is 25.7 Å². The topological polar surface area (TPSA) is 4.93 Å². The highest BCUT2D eigenvalue weighted by Gasteiger charge is 2.20. The zero-order chi connectivity index (χ0) is 9.47. The summed E-state index contributed by atoms with van der Waals surface area (Å²) in [6.45, 7) is 6.84. The van der Waals surface area contributed by atoms with Crippen molar-refractivity contribution >= 4 is 0 Å². The first-order chi connectivity index (χ1) is 6.09. The van der Waals surface area contributed by atoms with E-state index in [1.54, 1.807) is 11.3 Å². The molecular formula is C12H19N. The highest BCUT2D eigenvalue weighted by Crippen LogP contribution is 2.27. The summed E-state index contributed by atoms with van der Waals surface area (Å²) in [7, 11) is 0. The van der Waals surface area contributed by atoms with Crippen LogP contribution in [-0.2, 0) is 18.4 Å². The van der Waals surface area contributed by atoms with Crippen LogP contribution in [0.4, 0.5) is 0 Å². The number of hydrogen-bond acceptors (Lipinski definition) is 0. The number of rotatable bonds is 0. The van der Waals surface area contributed by atoms with Crippen LogP contribution in [-0.4, -0.2) is 4.57 Å². The van der Waals surface area contributed by atoms with Gasteiger partial charge in [0.2, 0.25) is 0 Å². The first-order valence-corrected chi connectivity index (χ1v) is 5.28. The molecule has 0 aromatic carbocycles. The van der Waals surface area contributed by atoms with Crippen molar-refractivity contribution < 1.29 is 0 Å². The average Bonchev–Trinajstić information content (AvgIpc) is 2.45. The van der Waals surface area contributed by atoms with E-state index in [1.807, 2.05) is 0 Å². The van der Waals surface area contributed by atoms with Crippen LogP contribution >= 0.6 is 0 Å². The Labute approximate surface area is 80.8 Å². The SMILES string of the molecule is CC(C)(C)n1ccc2c1CCCC2. The summed E-state index contributed by atoms with van der Waals surface area (Å²) in [6, 6.07) is 2.31. The summed E-state index contributed by atoms with van der Waals surface area (Å²) >= 11 is 0. The van der Waals surface area contributed by atoms with E-state index in [9.17, 15) is 0 Å². The molecule has 0 fully saturated rings. The van der Waals surface area contributed by atoms with E-state index in [0.29, 0.717) is 0 Å². The lowest BCUT2D eigenvalue weighted by molar-refractivity contribution is 0.380. The Hall–Kier alpha value is -0.720. The maximum atomic E-state index is 2.45. The fourth-order valence-electron chi connectivity index (χ4n) is 2.25. The molecule has 0 saturated carbocycles. The largest absolute Gasteiger partial charge is 0.346 e. The molecule has 0 radical (unpaired) electrons. The van der Waals surface area contributed by atoms with Crippen LogP contribution in [0, 0.1) is 0 Å². The molecule has 0 spiro atoms. The third-order valence-electron chi connectivity index (χ3n) is 2.92. The number of nitrogens with zero attached hydrogens (tertiary/aromatic N) is 1. The summed E-state index contributed by atoms with van der Waals surface area (Å²) in [5, 5.41) is 0. The maximum Gasteiger partial charge on any atom is 0.0358 e. The molecule has 0 N–H and O–H groups in total. The minimum atomic E-state index is 0.255. The van der Waals surface area contributed by atoms with Gasteiger partial charge < -0.3 is 4.57 Å². The minimum Gasteiger partial charge on any atom is -0.346 e. The number of hydrogen-bond donors (Lipinski definition) is 0. The van der Waals surface area contributed by atoms with Crippen LogP contribution in [0.1, 0.15) is 44.9 Å². The van der Waals surface area contributed by atoms with E-state index in [-0.39, 0.29) is 5.54 Å². The van der Waals surface area contributed by atoms with Gasteiger partial charge in [0, 0.05) is 17.4 Å². The van der Waals surface area contributed by atoms with Gasteiger partial charge in [0.15, 0.2) is 0 Å². The van der Waals surface area contributed by atoms with E-state index >= 15 is 0 Å². The van der Waals surface area contributed by atoms with E-state index in [0.717, 1.165) is 0 Å². The van der Waals surface area contributed by atoms with Crippen molar-refractivity contribution in [3.05, 3.63) is 23.5 Å². The lowest BCUT2D eigenvalue weighted by Crippen LogP contribution is -2.24. The van der Waals surface area contributed by atoms with Gasteiger partial charge in [-0.05, 0) is 58.1 Å². The molecule has 1 nitrogen and oxygen atoms in total. The highest BCUT2D eigenvalue weighted by atomic mass is 15.0. The normalized spacial score (nSPS) is 17.2. The molecule has 0 atom stereocenters. The van der Waals surface area contributed by atoms with E-state index in [2.05, 4.69) is 37.6 Å². The van der Waals surface area contributed by atoms with Gasteiger partial charge in [0.05, 0.1) is 0 Å². The second-order valence-corrected chi connectivity index (χ2v) is 5.04. The summed E-state index contributed by atoms with van der Waals surface area (Å²) in [5.41, 5.74) is 3.42. The third-order valence-corrected chi connectivity index (χ3v) is 2.92. The van der Waals surface area contributed by atoms with Crippen molar-refractivity contribution in [3.63, 3.8) is 0 Å². The van der Waals surface area contributed by atoms with Gasteiger partial charge in [-0.25, -0.2) is 0 Å². The molecule has 1 aliphatic carbocycles. The Morgan fingerprint density at radius 3 is 2.54 bits per heavy atom. The first-order valence-electron chi connectivity index (χ1n) is 5.28. The average molecular weight is 177 g/mol. The van der Waals surface area contributed by atoms with Crippen molar-refractivity contribution in [2.45, 2.75) is 52.0 Å². The predicted molar refractivity (Wildman–Crippen MR) is 56.1 cm³/mol. The van der Waals surface area contributed by atoms with Gasteiger partial charge in [0.1, 0.15) is 0 Å². The molecule has 1 heterocycles. The molecule has 0 unspecified atom stereocenters. The molecule has 0 bridgehead atoms.